The van der Waals surface area contributed by atoms with E-state index >= 15 is 0 Å². The first kappa shape index (κ1) is 17.4. The second-order valence-electron chi connectivity index (χ2n) is 5.81. The molecule has 9 nitrogen and oxygen atoms in total. The molecule has 0 aliphatic heterocycles. The quantitative estimate of drug-likeness (QED) is 0.791. The van der Waals surface area contributed by atoms with Gasteiger partial charge in [-0.05, 0) is 18.9 Å². The van der Waals surface area contributed by atoms with E-state index in [0.29, 0.717) is 23.6 Å². The second kappa shape index (κ2) is 7.07. The average Bonchev–Trinajstić information content (AvgIpc) is 2.87. The van der Waals surface area contributed by atoms with Crippen LogP contribution in [-0.4, -0.2) is 55.0 Å². The molecule has 2 N–H and O–H groups in total. The van der Waals surface area contributed by atoms with Crippen molar-refractivity contribution in [1.82, 2.24) is 24.9 Å². The molecular weight excluding hydrogens is 314 g/mol. The number of carbonyl (C=O) groups excluding carboxylic acids is 1. The van der Waals surface area contributed by atoms with Crippen molar-refractivity contribution in [2.75, 3.05) is 13.1 Å². The summed E-state index contributed by atoms with van der Waals surface area (Å²) in [6.45, 7) is 5.44. The molecule has 2 rings (SSSR count). The highest BCUT2D eigenvalue weighted by molar-refractivity contribution is 5.96. The van der Waals surface area contributed by atoms with Crippen molar-refractivity contribution in [2.24, 2.45) is 5.92 Å². The minimum atomic E-state index is -1.07. The van der Waals surface area contributed by atoms with Crippen LogP contribution < -0.4 is 5.56 Å². The number of aromatic nitrogens is 4. The molecule has 0 bridgehead atoms. The zero-order valence-electron chi connectivity index (χ0n) is 13.7. The maximum absolute atomic E-state index is 12.7. The zero-order chi connectivity index (χ0) is 17.9. The van der Waals surface area contributed by atoms with E-state index in [9.17, 15) is 14.4 Å². The van der Waals surface area contributed by atoms with Crippen LogP contribution in [-0.2, 0) is 4.79 Å². The van der Waals surface area contributed by atoms with Gasteiger partial charge in [0.05, 0.1) is 17.5 Å². The number of nitrogens with zero attached hydrogens (tertiary/aromatic N) is 4. The third-order valence-electron chi connectivity index (χ3n) is 3.32. The number of hydrogen-bond acceptors (Lipinski definition) is 5. The van der Waals surface area contributed by atoms with Crippen LogP contribution in [0.5, 0.6) is 0 Å². The van der Waals surface area contributed by atoms with E-state index in [1.165, 1.54) is 27.9 Å². The fourth-order valence-electron chi connectivity index (χ4n) is 2.30. The molecule has 128 valence electrons. The summed E-state index contributed by atoms with van der Waals surface area (Å²) in [6, 6.07) is 2.79. The number of carboxylic acid groups (broad SMARTS) is 1. The lowest BCUT2D eigenvalue weighted by Crippen LogP contribution is -2.38. The van der Waals surface area contributed by atoms with Gasteiger partial charge in [0.2, 0.25) is 0 Å². The predicted octanol–water partition coefficient (Wildman–Crippen LogP) is 0.447. The molecule has 9 heteroatoms. The number of carboxylic acids is 1. The fourth-order valence-corrected chi connectivity index (χ4v) is 2.30. The minimum absolute atomic E-state index is 0.129. The van der Waals surface area contributed by atoms with Crippen LogP contribution in [0, 0.1) is 12.8 Å². The third kappa shape index (κ3) is 3.86. The van der Waals surface area contributed by atoms with Crippen molar-refractivity contribution >= 4 is 11.9 Å². The van der Waals surface area contributed by atoms with Crippen molar-refractivity contribution < 1.29 is 14.7 Å². The molecule has 2 heterocycles. The van der Waals surface area contributed by atoms with Crippen molar-refractivity contribution in [3.8, 4) is 5.82 Å². The largest absolute Gasteiger partial charge is 0.480 e. The van der Waals surface area contributed by atoms with E-state index in [4.69, 9.17) is 5.11 Å². The van der Waals surface area contributed by atoms with Gasteiger partial charge in [-0.25, -0.2) is 9.78 Å². The van der Waals surface area contributed by atoms with E-state index in [1.807, 2.05) is 13.8 Å². The molecule has 0 fully saturated rings. The summed E-state index contributed by atoms with van der Waals surface area (Å²) in [5.41, 5.74) is 0.466. The molecule has 0 aliphatic rings. The molecular formula is C15H19N5O4. The molecule has 0 saturated heterocycles. The highest BCUT2D eigenvalue weighted by atomic mass is 16.4. The SMILES string of the molecule is Cc1c(C(=O)N(CC(=O)O)CC(C)C)cnn1-c1ccc(=O)[nH]n1. The number of amides is 1. The van der Waals surface area contributed by atoms with Crippen LogP contribution in [0.4, 0.5) is 0 Å². The molecule has 0 aromatic carbocycles. The van der Waals surface area contributed by atoms with Crippen molar-refractivity contribution in [3.63, 3.8) is 0 Å². The molecule has 0 radical (unpaired) electrons. The highest BCUT2D eigenvalue weighted by Gasteiger charge is 2.23. The summed E-state index contributed by atoms with van der Waals surface area (Å²) in [4.78, 5) is 36.0. The normalized spacial score (nSPS) is 10.8. The first-order valence-corrected chi connectivity index (χ1v) is 7.41. The van der Waals surface area contributed by atoms with Gasteiger partial charge in [0.1, 0.15) is 6.54 Å². The summed E-state index contributed by atoms with van der Waals surface area (Å²) in [5.74, 6) is -0.986. The Morgan fingerprint density at radius 1 is 1.38 bits per heavy atom. The molecule has 1 amide bonds. The molecule has 2 aromatic rings. The standard InChI is InChI=1S/C15H19N5O4/c1-9(2)7-19(8-14(22)23)15(24)11-6-16-20(10(11)3)12-4-5-13(21)18-17-12/h4-6,9H,7-8H2,1-3H3,(H,18,21)(H,22,23). The van der Waals surface area contributed by atoms with Gasteiger partial charge in [-0.1, -0.05) is 13.8 Å². The number of nitrogens with one attached hydrogen (secondary N) is 1. The lowest BCUT2D eigenvalue weighted by atomic mass is 10.1. The van der Waals surface area contributed by atoms with E-state index in [-0.39, 0.29) is 18.0 Å². The summed E-state index contributed by atoms with van der Waals surface area (Å²) in [5, 5.41) is 19.3. The van der Waals surface area contributed by atoms with Crippen LogP contribution in [0.15, 0.2) is 23.1 Å². The second-order valence-corrected chi connectivity index (χ2v) is 5.81. The first-order valence-electron chi connectivity index (χ1n) is 7.41. The van der Waals surface area contributed by atoms with Gasteiger partial charge >= 0.3 is 5.97 Å². The van der Waals surface area contributed by atoms with Gasteiger partial charge in [0.15, 0.2) is 5.82 Å². The van der Waals surface area contributed by atoms with Gasteiger partial charge < -0.3 is 10.0 Å². The van der Waals surface area contributed by atoms with Crippen molar-refractivity contribution in [2.45, 2.75) is 20.8 Å². The van der Waals surface area contributed by atoms with Crippen molar-refractivity contribution in [1.29, 1.82) is 0 Å². The van der Waals surface area contributed by atoms with E-state index in [1.54, 1.807) is 6.92 Å². The number of hydrogen-bond donors (Lipinski definition) is 2. The zero-order valence-corrected chi connectivity index (χ0v) is 13.7. The Morgan fingerprint density at radius 3 is 2.62 bits per heavy atom. The lowest BCUT2D eigenvalue weighted by molar-refractivity contribution is -0.137. The van der Waals surface area contributed by atoms with Gasteiger partial charge in [-0.15, -0.1) is 0 Å². The Bertz CT molecular complexity index is 788. The number of H-pyrrole nitrogens is 1. The Labute approximate surface area is 137 Å². The van der Waals surface area contributed by atoms with E-state index in [2.05, 4.69) is 15.3 Å². The molecule has 24 heavy (non-hydrogen) atoms. The van der Waals surface area contributed by atoms with E-state index in [0.717, 1.165) is 0 Å². The maximum Gasteiger partial charge on any atom is 0.323 e. The number of rotatable bonds is 6. The van der Waals surface area contributed by atoms with E-state index < -0.39 is 11.9 Å². The smallest absolute Gasteiger partial charge is 0.323 e. The van der Waals surface area contributed by atoms with Crippen LogP contribution in [0.25, 0.3) is 5.82 Å². The molecule has 0 unspecified atom stereocenters. The van der Waals surface area contributed by atoms with Crippen molar-refractivity contribution in [3.05, 3.63) is 39.9 Å². The maximum atomic E-state index is 12.7. The molecule has 0 saturated carbocycles. The summed E-state index contributed by atoms with van der Waals surface area (Å²) in [6.07, 6.45) is 1.37. The minimum Gasteiger partial charge on any atom is -0.480 e. The average molecular weight is 333 g/mol. The predicted molar refractivity (Wildman–Crippen MR) is 85.1 cm³/mol. The van der Waals surface area contributed by atoms with Crippen LogP contribution in [0.2, 0.25) is 0 Å². The topological polar surface area (TPSA) is 121 Å². The monoisotopic (exact) mass is 333 g/mol. The Hall–Kier alpha value is -2.97. The summed E-state index contributed by atoms with van der Waals surface area (Å²) < 4.78 is 1.41. The number of aliphatic carboxylic acids is 1. The third-order valence-corrected chi connectivity index (χ3v) is 3.32. The molecule has 2 aromatic heterocycles. The van der Waals surface area contributed by atoms with Crippen LogP contribution in [0.3, 0.4) is 0 Å². The highest BCUT2D eigenvalue weighted by Crippen LogP contribution is 2.15. The molecule has 0 spiro atoms. The Kier molecular flexibility index (Phi) is 5.12. The summed E-state index contributed by atoms with van der Waals surface area (Å²) in [7, 11) is 0. The summed E-state index contributed by atoms with van der Waals surface area (Å²) >= 11 is 0. The van der Waals surface area contributed by atoms with Crippen LogP contribution in [0.1, 0.15) is 29.9 Å². The Balaban J connectivity index is 2.33. The van der Waals surface area contributed by atoms with Gasteiger partial charge in [-0.3, -0.25) is 14.4 Å². The first-order chi connectivity index (χ1) is 11.3. The van der Waals surface area contributed by atoms with Crippen LogP contribution >= 0.6 is 0 Å². The van der Waals surface area contributed by atoms with Gasteiger partial charge in [0.25, 0.3) is 11.5 Å². The molecule has 0 aliphatic carbocycles. The number of aromatic amines is 1. The number of carbonyl (C=O) groups is 2. The lowest BCUT2D eigenvalue weighted by Gasteiger charge is -2.22. The van der Waals surface area contributed by atoms with Gasteiger partial charge in [0, 0.05) is 12.6 Å². The fraction of sp³-hybridized carbons (Fsp3) is 0.400. The van der Waals surface area contributed by atoms with Gasteiger partial charge in [-0.2, -0.15) is 10.2 Å². The molecule has 0 atom stereocenters. The Morgan fingerprint density at radius 2 is 2.08 bits per heavy atom.